The summed E-state index contributed by atoms with van der Waals surface area (Å²) < 4.78 is 37.1. The fourth-order valence-electron chi connectivity index (χ4n) is 2.91. The van der Waals surface area contributed by atoms with Gasteiger partial charge in [0, 0.05) is 25.0 Å². The van der Waals surface area contributed by atoms with Crippen molar-refractivity contribution in [2.45, 2.75) is 51.4 Å². The molecule has 0 saturated carbocycles. The summed E-state index contributed by atoms with van der Waals surface area (Å²) in [7, 11) is 0. The Morgan fingerprint density at radius 2 is 1.06 bits per heavy atom. The average Bonchev–Trinajstić information content (AvgIpc) is 2.76. The number of hydrogen-bond donors (Lipinski definition) is 0. The zero-order valence-corrected chi connectivity index (χ0v) is 17.4. The Kier molecular flexibility index (Phi) is 9.80. The van der Waals surface area contributed by atoms with E-state index in [9.17, 15) is 18.4 Å². The van der Waals surface area contributed by atoms with E-state index in [1.165, 1.54) is 24.3 Å². The molecular formula is C24H22F2N2O4. The number of ether oxygens (including phenoxy) is 2. The van der Waals surface area contributed by atoms with Gasteiger partial charge in [0.05, 0.1) is 11.1 Å². The lowest BCUT2D eigenvalue weighted by atomic mass is 10.1. The van der Waals surface area contributed by atoms with Crippen molar-refractivity contribution in [2.75, 3.05) is 0 Å². The highest BCUT2D eigenvalue weighted by Crippen LogP contribution is 2.18. The Morgan fingerprint density at radius 1 is 0.688 bits per heavy atom. The zero-order chi connectivity index (χ0) is 23.3. The molecule has 0 unspecified atom stereocenters. The molecule has 0 amide bonds. The van der Waals surface area contributed by atoms with Gasteiger partial charge >= 0.3 is 11.9 Å². The van der Waals surface area contributed by atoms with Crippen molar-refractivity contribution >= 4 is 11.9 Å². The number of carbonyl (C=O) groups is 2. The maximum absolute atomic E-state index is 13.5. The van der Waals surface area contributed by atoms with Crippen molar-refractivity contribution in [3.05, 3.63) is 59.2 Å². The van der Waals surface area contributed by atoms with E-state index in [2.05, 4.69) is 0 Å². The summed E-state index contributed by atoms with van der Waals surface area (Å²) in [6.45, 7) is 0. The van der Waals surface area contributed by atoms with Crippen LogP contribution >= 0.6 is 0 Å². The van der Waals surface area contributed by atoms with E-state index in [-0.39, 0.29) is 35.5 Å². The summed E-state index contributed by atoms with van der Waals surface area (Å²) in [6.07, 6.45) is 5.05. The number of esters is 2. The van der Waals surface area contributed by atoms with Gasteiger partial charge in [-0.3, -0.25) is 9.59 Å². The molecular weight excluding hydrogens is 418 g/mol. The molecule has 0 aliphatic carbocycles. The first-order chi connectivity index (χ1) is 15.4. The highest BCUT2D eigenvalue weighted by atomic mass is 19.1. The van der Waals surface area contributed by atoms with Gasteiger partial charge in [0.1, 0.15) is 35.3 Å². The molecule has 2 aromatic carbocycles. The fraction of sp³-hybridized carbons (Fsp3) is 0.333. The number of nitrogens with zero attached hydrogens (tertiary/aromatic N) is 2. The molecule has 2 aromatic rings. The van der Waals surface area contributed by atoms with Crippen LogP contribution in [0.3, 0.4) is 0 Å². The monoisotopic (exact) mass is 440 g/mol. The SMILES string of the molecule is N#Cc1ccc(OC(=O)CCCCCCCCC(=O)Oc2ccc(C#N)c(F)c2)cc1F. The second kappa shape index (κ2) is 12.8. The minimum Gasteiger partial charge on any atom is -0.426 e. The number of hydrogen-bond acceptors (Lipinski definition) is 6. The lowest BCUT2D eigenvalue weighted by Gasteiger charge is -2.06. The molecule has 0 radical (unpaired) electrons. The van der Waals surface area contributed by atoms with Crippen LogP contribution in [0.15, 0.2) is 36.4 Å². The third kappa shape index (κ3) is 8.16. The number of benzene rings is 2. The number of rotatable bonds is 11. The summed E-state index contributed by atoms with van der Waals surface area (Å²) >= 11 is 0. The van der Waals surface area contributed by atoms with Gasteiger partial charge in [-0.2, -0.15) is 10.5 Å². The van der Waals surface area contributed by atoms with Crippen LogP contribution in [0.1, 0.15) is 62.5 Å². The van der Waals surface area contributed by atoms with Gasteiger partial charge in [-0.15, -0.1) is 0 Å². The van der Waals surface area contributed by atoms with Crippen LogP contribution in [0, 0.1) is 34.3 Å². The number of nitriles is 2. The lowest BCUT2D eigenvalue weighted by Crippen LogP contribution is -2.08. The number of halogens is 2. The smallest absolute Gasteiger partial charge is 0.311 e. The van der Waals surface area contributed by atoms with Gasteiger partial charge in [-0.25, -0.2) is 8.78 Å². The van der Waals surface area contributed by atoms with E-state index >= 15 is 0 Å². The second-order valence-electron chi connectivity index (χ2n) is 7.08. The first-order valence-electron chi connectivity index (χ1n) is 10.2. The summed E-state index contributed by atoms with van der Waals surface area (Å²) in [5.41, 5.74) is -0.220. The van der Waals surface area contributed by atoms with E-state index < -0.39 is 23.6 Å². The molecule has 2 rings (SSSR count). The molecule has 0 aliphatic rings. The molecule has 32 heavy (non-hydrogen) atoms. The molecule has 0 bridgehead atoms. The van der Waals surface area contributed by atoms with Gasteiger partial charge in [-0.05, 0) is 37.1 Å². The molecule has 0 fully saturated rings. The van der Waals surface area contributed by atoms with Crippen LogP contribution in [0.25, 0.3) is 0 Å². The van der Waals surface area contributed by atoms with Crippen LogP contribution in [0.5, 0.6) is 11.5 Å². The van der Waals surface area contributed by atoms with E-state index in [0.29, 0.717) is 12.8 Å². The van der Waals surface area contributed by atoms with Gasteiger partial charge in [-0.1, -0.05) is 25.7 Å². The van der Waals surface area contributed by atoms with E-state index in [1.54, 1.807) is 12.1 Å². The minimum atomic E-state index is -0.731. The van der Waals surface area contributed by atoms with Crippen molar-refractivity contribution in [3.63, 3.8) is 0 Å². The molecule has 6 nitrogen and oxygen atoms in total. The van der Waals surface area contributed by atoms with E-state index in [0.717, 1.165) is 37.8 Å². The second-order valence-corrected chi connectivity index (χ2v) is 7.08. The predicted molar refractivity (Wildman–Crippen MR) is 110 cm³/mol. The van der Waals surface area contributed by atoms with Gasteiger partial charge in [0.15, 0.2) is 0 Å². The van der Waals surface area contributed by atoms with Crippen LogP contribution in [0.4, 0.5) is 8.78 Å². The lowest BCUT2D eigenvalue weighted by molar-refractivity contribution is -0.135. The van der Waals surface area contributed by atoms with Crippen molar-refractivity contribution in [1.82, 2.24) is 0 Å². The Balaban J connectivity index is 1.53. The number of carbonyl (C=O) groups excluding carboxylic acids is 2. The first-order valence-corrected chi connectivity index (χ1v) is 10.2. The molecule has 0 spiro atoms. The standard InChI is InChI=1S/C24H22F2N2O4/c25-21-13-19(11-9-17(21)15-27)31-23(29)7-5-3-1-2-4-6-8-24(30)32-20-12-10-18(16-28)22(26)14-20/h9-14H,1-8H2. The fourth-order valence-corrected chi connectivity index (χ4v) is 2.91. The van der Waals surface area contributed by atoms with Crippen molar-refractivity contribution in [2.24, 2.45) is 0 Å². The van der Waals surface area contributed by atoms with Gasteiger partial charge < -0.3 is 9.47 Å². The Hall–Kier alpha value is -3.78. The van der Waals surface area contributed by atoms with Crippen LogP contribution in [-0.4, -0.2) is 11.9 Å². The topological polar surface area (TPSA) is 100 Å². The van der Waals surface area contributed by atoms with Crippen LogP contribution in [-0.2, 0) is 9.59 Å². The quantitative estimate of drug-likeness (QED) is 0.266. The average molecular weight is 440 g/mol. The summed E-state index contributed by atoms with van der Waals surface area (Å²) in [5.74, 6) is -2.24. The first kappa shape index (κ1) is 24.5. The van der Waals surface area contributed by atoms with Crippen LogP contribution in [0.2, 0.25) is 0 Å². The van der Waals surface area contributed by atoms with Crippen LogP contribution < -0.4 is 9.47 Å². The highest BCUT2D eigenvalue weighted by Gasteiger charge is 2.10. The summed E-state index contributed by atoms with van der Waals surface area (Å²) in [5, 5.41) is 17.4. The zero-order valence-electron chi connectivity index (χ0n) is 17.4. The minimum absolute atomic E-state index is 0.0714. The normalized spacial score (nSPS) is 10.1. The highest BCUT2D eigenvalue weighted by molar-refractivity contribution is 5.72. The molecule has 0 N–H and O–H groups in total. The van der Waals surface area contributed by atoms with Crippen molar-refractivity contribution < 1.29 is 27.8 Å². The Morgan fingerprint density at radius 3 is 1.41 bits per heavy atom. The molecule has 8 heteroatoms. The molecule has 0 aliphatic heterocycles. The van der Waals surface area contributed by atoms with E-state index in [4.69, 9.17) is 20.0 Å². The Labute approximate surface area is 185 Å². The third-order valence-corrected chi connectivity index (χ3v) is 4.60. The molecule has 0 aromatic heterocycles. The van der Waals surface area contributed by atoms with E-state index in [1.807, 2.05) is 0 Å². The Bertz CT molecular complexity index is 958. The summed E-state index contributed by atoms with van der Waals surface area (Å²) in [6, 6.07) is 10.7. The third-order valence-electron chi connectivity index (χ3n) is 4.60. The maximum Gasteiger partial charge on any atom is 0.311 e. The molecule has 0 saturated heterocycles. The molecule has 0 atom stereocenters. The van der Waals surface area contributed by atoms with Crippen molar-refractivity contribution in [3.8, 4) is 23.6 Å². The maximum atomic E-state index is 13.5. The largest absolute Gasteiger partial charge is 0.426 e. The molecule has 166 valence electrons. The predicted octanol–water partition coefficient (Wildman–Crippen LogP) is 5.34. The van der Waals surface area contributed by atoms with Crippen molar-refractivity contribution in [1.29, 1.82) is 10.5 Å². The van der Waals surface area contributed by atoms with Gasteiger partial charge in [0.25, 0.3) is 0 Å². The molecule has 0 heterocycles. The number of unbranched alkanes of at least 4 members (excludes halogenated alkanes) is 5. The summed E-state index contributed by atoms with van der Waals surface area (Å²) in [4.78, 5) is 23.6. The van der Waals surface area contributed by atoms with Gasteiger partial charge in [0.2, 0.25) is 0 Å².